The Morgan fingerprint density at radius 1 is 0.811 bits per heavy atom. The monoisotopic (exact) mass is 593 g/mol. The number of carbonyl (C=O) groups is 2. The lowest BCUT2D eigenvalue weighted by atomic mass is 10.2. The Kier molecular flexibility index (Phi) is 8.68. The molecular formula is C25H15Cl4N3O4S. The van der Waals surface area contributed by atoms with Crippen molar-refractivity contribution < 1.29 is 18.5 Å². The molecule has 1 aromatic heterocycles. The number of amides is 3. The highest BCUT2D eigenvalue weighted by atomic mass is 35.5. The lowest BCUT2D eigenvalue weighted by Gasteiger charge is -2.11. The van der Waals surface area contributed by atoms with Gasteiger partial charge in [-0.15, -0.1) is 0 Å². The molecular weight excluding hydrogens is 580 g/mol. The first-order valence-corrected chi connectivity index (χ1v) is 13.0. The predicted octanol–water partition coefficient (Wildman–Crippen LogP) is 7.62. The van der Waals surface area contributed by atoms with Gasteiger partial charge < -0.3 is 10.1 Å². The molecule has 0 spiro atoms. The number of hydrogen-bond donors (Lipinski definition) is 2. The molecule has 0 aliphatic carbocycles. The van der Waals surface area contributed by atoms with Crippen molar-refractivity contribution in [2.45, 2.75) is 9.79 Å². The van der Waals surface area contributed by atoms with Gasteiger partial charge >= 0.3 is 6.03 Å². The van der Waals surface area contributed by atoms with Gasteiger partial charge in [0.15, 0.2) is 0 Å². The van der Waals surface area contributed by atoms with Crippen molar-refractivity contribution in [2.24, 2.45) is 0 Å². The van der Waals surface area contributed by atoms with Gasteiger partial charge in [-0.05, 0) is 66.7 Å². The van der Waals surface area contributed by atoms with Gasteiger partial charge in [0, 0.05) is 14.8 Å². The van der Waals surface area contributed by atoms with Crippen LogP contribution in [0, 0.1) is 0 Å². The molecule has 0 aliphatic rings. The highest BCUT2D eigenvalue weighted by Crippen LogP contribution is 2.30. The van der Waals surface area contributed by atoms with Crippen LogP contribution in [0.2, 0.25) is 20.1 Å². The van der Waals surface area contributed by atoms with Crippen LogP contribution in [0.25, 0.3) is 0 Å². The number of carbonyl (C=O) groups excluding carboxylic acids is 2. The van der Waals surface area contributed by atoms with E-state index in [9.17, 15) is 13.8 Å². The lowest BCUT2D eigenvalue weighted by molar-refractivity contribution is 0.0967. The van der Waals surface area contributed by atoms with Crippen molar-refractivity contribution in [2.75, 3.05) is 5.32 Å². The summed E-state index contributed by atoms with van der Waals surface area (Å²) in [6.07, 6.45) is 1.30. The maximum Gasteiger partial charge on any atom is 0.326 e. The molecule has 4 aromatic rings. The zero-order valence-electron chi connectivity index (χ0n) is 18.5. The fraction of sp³-hybridized carbons (Fsp3) is 0. The van der Waals surface area contributed by atoms with Crippen LogP contribution >= 0.6 is 46.4 Å². The average molecular weight is 595 g/mol. The molecule has 1 unspecified atom stereocenters. The van der Waals surface area contributed by atoms with Crippen molar-refractivity contribution in [1.29, 1.82) is 0 Å². The van der Waals surface area contributed by atoms with Crippen molar-refractivity contribution in [1.82, 2.24) is 10.3 Å². The zero-order valence-corrected chi connectivity index (χ0v) is 22.3. The van der Waals surface area contributed by atoms with Crippen LogP contribution in [0.1, 0.15) is 10.4 Å². The predicted molar refractivity (Wildman–Crippen MR) is 145 cm³/mol. The number of halogens is 4. The van der Waals surface area contributed by atoms with Crippen LogP contribution in [-0.2, 0) is 10.8 Å². The van der Waals surface area contributed by atoms with E-state index >= 15 is 0 Å². The zero-order chi connectivity index (χ0) is 26.5. The first-order chi connectivity index (χ1) is 17.7. The minimum atomic E-state index is -1.38. The summed E-state index contributed by atoms with van der Waals surface area (Å²) in [5, 5.41) is 5.46. The first-order valence-electron chi connectivity index (χ1n) is 10.4. The topological polar surface area (TPSA) is 97.4 Å². The van der Waals surface area contributed by atoms with E-state index in [0.717, 1.165) is 0 Å². The fourth-order valence-electron chi connectivity index (χ4n) is 3.05. The molecule has 12 heteroatoms. The van der Waals surface area contributed by atoms with Crippen LogP contribution in [0.15, 0.2) is 88.8 Å². The van der Waals surface area contributed by atoms with Gasteiger partial charge in [0.1, 0.15) is 10.8 Å². The minimum Gasteiger partial charge on any atom is -0.438 e. The highest BCUT2D eigenvalue weighted by Gasteiger charge is 2.18. The lowest BCUT2D eigenvalue weighted by Crippen LogP contribution is -2.34. The van der Waals surface area contributed by atoms with Crippen molar-refractivity contribution in [3.8, 4) is 11.6 Å². The Hall–Kier alpha value is -3.14. The molecule has 1 heterocycles. The Balaban J connectivity index is 1.38. The second-order valence-corrected chi connectivity index (χ2v) is 10.5. The van der Waals surface area contributed by atoms with E-state index in [0.29, 0.717) is 20.6 Å². The third kappa shape index (κ3) is 6.80. The summed E-state index contributed by atoms with van der Waals surface area (Å²) in [6.45, 7) is 0. The van der Waals surface area contributed by atoms with E-state index in [-0.39, 0.29) is 32.2 Å². The van der Waals surface area contributed by atoms with Gasteiger partial charge in [-0.25, -0.2) is 14.0 Å². The van der Waals surface area contributed by atoms with Gasteiger partial charge in [-0.2, -0.15) is 0 Å². The van der Waals surface area contributed by atoms with Crippen molar-refractivity contribution >= 4 is 74.8 Å². The second kappa shape index (κ2) is 11.9. The molecule has 0 aliphatic heterocycles. The van der Waals surface area contributed by atoms with E-state index in [1.54, 1.807) is 54.6 Å². The summed E-state index contributed by atoms with van der Waals surface area (Å²) in [4.78, 5) is 29.9. The SMILES string of the molecule is O=C(NC(=O)c1c(Cl)cccc1Cl)Nc1cnc(Oc2ccc(S(=O)c3ccc(Cl)cc3)cc2)c(Cl)c1. The number of ether oxygens (including phenoxy) is 1. The van der Waals surface area contributed by atoms with Gasteiger partial charge in [0.25, 0.3) is 5.91 Å². The Labute approximate surface area is 234 Å². The molecule has 4 rings (SSSR count). The summed E-state index contributed by atoms with van der Waals surface area (Å²) in [5.74, 6) is -0.280. The van der Waals surface area contributed by atoms with Crippen LogP contribution in [0.4, 0.5) is 10.5 Å². The number of benzene rings is 3. The standard InChI is InChI=1S/C25H15Cl4N3O4S/c26-14-4-8-17(9-5-14)37(35)18-10-6-16(7-11-18)36-24-21(29)12-15(13-30-24)31-25(34)32-23(33)22-19(27)2-1-3-20(22)28/h1-13H,(H2,31,32,33,34). The molecule has 7 nitrogen and oxygen atoms in total. The Morgan fingerprint density at radius 2 is 1.41 bits per heavy atom. The number of aromatic nitrogens is 1. The van der Waals surface area contributed by atoms with Crippen LogP contribution < -0.4 is 15.4 Å². The van der Waals surface area contributed by atoms with Gasteiger partial charge in [-0.1, -0.05) is 52.5 Å². The van der Waals surface area contributed by atoms with Crippen molar-refractivity contribution in [3.05, 3.63) is 105 Å². The van der Waals surface area contributed by atoms with E-state index in [4.69, 9.17) is 51.1 Å². The van der Waals surface area contributed by atoms with Crippen LogP contribution in [-0.4, -0.2) is 21.1 Å². The minimum absolute atomic E-state index is 0.0242. The van der Waals surface area contributed by atoms with E-state index in [2.05, 4.69) is 15.6 Å². The van der Waals surface area contributed by atoms with Crippen LogP contribution in [0.3, 0.4) is 0 Å². The molecule has 0 bridgehead atoms. The number of urea groups is 1. The van der Waals surface area contributed by atoms with Crippen molar-refractivity contribution in [3.63, 3.8) is 0 Å². The maximum absolute atomic E-state index is 12.7. The largest absolute Gasteiger partial charge is 0.438 e. The molecule has 0 saturated carbocycles. The number of nitrogens with zero attached hydrogens (tertiary/aromatic N) is 1. The fourth-order valence-corrected chi connectivity index (χ4v) is 4.99. The smallest absolute Gasteiger partial charge is 0.326 e. The molecule has 2 N–H and O–H groups in total. The molecule has 3 aromatic carbocycles. The summed E-state index contributed by atoms with van der Waals surface area (Å²) in [7, 11) is -1.38. The summed E-state index contributed by atoms with van der Waals surface area (Å²) >= 11 is 24.1. The molecule has 37 heavy (non-hydrogen) atoms. The third-order valence-corrected chi connectivity index (χ3v) is 7.32. The third-order valence-electron chi connectivity index (χ3n) is 4.76. The number of rotatable bonds is 6. The quantitative estimate of drug-likeness (QED) is 0.239. The van der Waals surface area contributed by atoms with Gasteiger partial charge in [0.2, 0.25) is 5.88 Å². The molecule has 0 radical (unpaired) electrons. The number of hydrogen-bond acceptors (Lipinski definition) is 5. The highest BCUT2D eigenvalue weighted by molar-refractivity contribution is 7.85. The Morgan fingerprint density at radius 3 is 2.00 bits per heavy atom. The van der Waals surface area contributed by atoms with Crippen LogP contribution in [0.5, 0.6) is 11.6 Å². The van der Waals surface area contributed by atoms with E-state index in [1.807, 2.05) is 0 Å². The number of imide groups is 1. The van der Waals surface area contributed by atoms with E-state index in [1.165, 1.54) is 24.4 Å². The summed E-state index contributed by atoms with van der Waals surface area (Å²) in [5.41, 5.74) is 0.186. The molecule has 0 fully saturated rings. The van der Waals surface area contributed by atoms with Gasteiger partial charge in [-0.3, -0.25) is 10.1 Å². The summed E-state index contributed by atoms with van der Waals surface area (Å²) in [6, 6.07) is 18.4. The summed E-state index contributed by atoms with van der Waals surface area (Å²) < 4.78 is 18.4. The molecule has 0 saturated heterocycles. The molecule has 188 valence electrons. The molecule has 3 amide bonds. The number of anilines is 1. The normalized spacial score (nSPS) is 11.5. The number of nitrogens with one attached hydrogen (secondary N) is 2. The number of pyridine rings is 1. The second-order valence-electron chi connectivity index (χ2n) is 7.31. The van der Waals surface area contributed by atoms with E-state index < -0.39 is 22.7 Å². The van der Waals surface area contributed by atoms with Gasteiger partial charge in [0.05, 0.1) is 38.3 Å². The average Bonchev–Trinajstić information content (AvgIpc) is 2.86. The molecule has 1 atom stereocenters. The Bertz CT molecular complexity index is 1480. The maximum atomic E-state index is 12.7. The first kappa shape index (κ1) is 26.9.